The smallest absolute Gasteiger partial charge is 0.335 e. The molecule has 0 aromatic carbocycles. The van der Waals surface area contributed by atoms with E-state index >= 15 is 0 Å². The van der Waals surface area contributed by atoms with E-state index in [1.54, 1.807) is 6.92 Å². The van der Waals surface area contributed by atoms with Crippen molar-refractivity contribution in [2.75, 3.05) is 13.2 Å². The normalized spacial score (nSPS) is 14.9. The van der Waals surface area contributed by atoms with Crippen molar-refractivity contribution in [1.29, 1.82) is 0 Å². The number of hydrogen-bond acceptors (Lipinski definition) is 3. The number of unbranched alkanes of at least 4 members (excludes halogenated alkanes) is 3. The zero-order valence-corrected chi connectivity index (χ0v) is 9.66. The Hall–Kier alpha value is -0.610. The standard InChI is InChI=1S/C11H22O4/c1-3-4-5-6-7-11(2,10(13)14)15-9-8-12/h12H,3-9H2,1-2H3,(H,13,14). The van der Waals surface area contributed by atoms with Crippen molar-refractivity contribution in [3.63, 3.8) is 0 Å². The highest BCUT2D eigenvalue weighted by molar-refractivity contribution is 5.76. The Morgan fingerprint density at radius 1 is 1.33 bits per heavy atom. The van der Waals surface area contributed by atoms with E-state index in [1.807, 2.05) is 0 Å². The van der Waals surface area contributed by atoms with E-state index in [1.165, 1.54) is 0 Å². The Labute approximate surface area is 91.3 Å². The molecule has 15 heavy (non-hydrogen) atoms. The molecule has 0 aromatic rings. The van der Waals surface area contributed by atoms with Gasteiger partial charge in [-0.15, -0.1) is 0 Å². The van der Waals surface area contributed by atoms with E-state index in [-0.39, 0.29) is 13.2 Å². The molecule has 0 aliphatic rings. The van der Waals surface area contributed by atoms with E-state index in [4.69, 9.17) is 14.9 Å². The number of rotatable bonds is 9. The van der Waals surface area contributed by atoms with E-state index < -0.39 is 11.6 Å². The van der Waals surface area contributed by atoms with Gasteiger partial charge in [0.2, 0.25) is 0 Å². The van der Waals surface area contributed by atoms with Crippen LogP contribution in [0, 0.1) is 0 Å². The van der Waals surface area contributed by atoms with E-state index in [9.17, 15) is 4.79 Å². The predicted octanol–water partition coefficient (Wildman–Crippen LogP) is 1.81. The first-order valence-electron chi connectivity index (χ1n) is 5.55. The third-order valence-corrected chi connectivity index (χ3v) is 2.47. The molecule has 0 aromatic heterocycles. The molecule has 2 N–H and O–H groups in total. The molecule has 0 aliphatic heterocycles. The molecule has 1 atom stereocenters. The molecular formula is C11H22O4. The first-order chi connectivity index (χ1) is 7.06. The molecule has 1 unspecified atom stereocenters. The van der Waals surface area contributed by atoms with Crippen molar-refractivity contribution in [1.82, 2.24) is 0 Å². The minimum Gasteiger partial charge on any atom is -0.479 e. The molecule has 0 saturated heterocycles. The number of aliphatic hydroxyl groups is 1. The average molecular weight is 218 g/mol. The summed E-state index contributed by atoms with van der Waals surface area (Å²) < 4.78 is 5.17. The van der Waals surface area contributed by atoms with Crippen LogP contribution in [0.3, 0.4) is 0 Å². The topological polar surface area (TPSA) is 66.8 Å². The van der Waals surface area contributed by atoms with Gasteiger partial charge in [0.25, 0.3) is 0 Å². The van der Waals surface area contributed by atoms with Gasteiger partial charge < -0.3 is 14.9 Å². The highest BCUT2D eigenvalue weighted by Gasteiger charge is 2.33. The highest BCUT2D eigenvalue weighted by atomic mass is 16.5. The summed E-state index contributed by atoms with van der Waals surface area (Å²) in [4.78, 5) is 11.0. The van der Waals surface area contributed by atoms with Crippen LogP contribution in [0.1, 0.15) is 46.0 Å². The monoisotopic (exact) mass is 218 g/mol. The van der Waals surface area contributed by atoms with Crippen molar-refractivity contribution in [3.8, 4) is 0 Å². The van der Waals surface area contributed by atoms with Crippen LogP contribution >= 0.6 is 0 Å². The molecule has 0 aliphatic carbocycles. The summed E-state index contributed by atoms with van der Waals surface area (Å²) in [6.45, 7) is 3.62. The van der Waals surface area contributed by atoms with Crippen molar-refractivity contribution in [2.45, 2.75) is 51.6 Å². The van der Waals surface area contributed by atoms with Crippen molar-refractivity contribution in [3.05, 3.63) is 0 Å². The van der Waals surface area contributed by atoms with Crippen LogP contribution in [0.2, 0.25) is 0 Å². The lowest BCUT2D eigenvalue weighted by molar-refractivity contribution is -0.165. The maximum Gasteiger partial charge on any atom is 0.335 e. The van der Waals surface area contributed by atoms with Crippen molar-refractivity contribution >= 4 is 5.97 Å². The molecule has 0 heterocycles. The van der Waals surface area contributed by atoms with Gasteiger partial charge in [0.15, 0.2) is 5.60 Å². The summed E-state index contributed by atoms with van der Waals surface area (Å²) in [5, 5.41) is 17.6. The number of carbonyl (C=O) groups is 1. The maximum absolute atomic E-state index is 11.0. The lowest BCUT2D eigenvalue weighted by Gasteiger charge is -2.24. The van der Waals surface area contributed by atoms with Crippen molar-refractivity contribution in [2.24, 2.45) is 0 Å². The second kappa shape index (κ2) is 7.65. The summed E-state index contributed by atoms with van der Waals surface area (Å²) in [6, 6.07) is 0. The molecule has 0 fully saturated rings. The second-order valence-electron chi connectivity index (χ2n) is 3.92. The second-order valence-corrected chi connectivity index (χ2v) is 3.92. The van der Waals surface area contributed by atoms with Crippen LogP contribution in [0.5, 0.6) is 0 Å². The Bertz CT molecular complexity index is 181. The quantitative estimate of drug-likeness (QED) is 0.579. The molecular weight excluding hydrogens is 196 g/mol. The molecule has 0 bridgehead atoms. The predicted molar refractivity (Wildman–Crippen MR) is 57.8 cm³/mol. The molecule has 0 spiro atoms. The third-order valence-electron chi connectivity index (χ3n) is 2.47. The fourth-order valence-corrected chi connectivity index (χ4v) is 1.40. The van der Waals surface area contributed by atoms with Crippen LogP contribution in [0.4, 0.5) is 0 Å². The summed E-state index contributed by atoms with van der Waals surface area (Å²) in [6.07, 6.45) is 4.63. The van der Waals surface area contributed by atoms with Gasteiger partial charge in [0.1, 0.15) is 0 Å². The Morgan fingerprint density at radius 2 is 2.00 bits per heavy atom. The van der Waals surface area contributed by atoms with Crippen LogP contribution in [0.15, 0.2) is 0 Å². The highest BCUT2D eigenvalue weighted by Crippen LogP contribution is 2.20. The SMILES string of the molecule is CCCCCCC(C)(OCCO)C(=O)O. The molecule has 0 amide bonds. The van der Waals surface area contributed by atoms with Crippen molar-refractivity contribution < 1.29 is 19.7 Å². The van der Waals surface area contributed by atoms with Gasteiger partial charge in [-0.1, -0.05) is 26.2 Å². The summed E-state index contributed by atoms with van der Waals surface area (Å²) in [7, 11) is 0. The lowest BCUT2D eigenvalue weighted by Crippen LogP contribution is -2.39. The fourth-order valence-electron chi connectivity index (χ4n) is 1.40. The molecule has 0 rings (SSSR count). The number of carboxylic acid groups (broad SMARTS) is 1. The lowest BCUT2D eigenvalue weighted by atomic mass is 9.98. The summed E-state index contributed by atoms with van der Waals surface area (Å²) >= 11 is 0. The molecule has 0 saturated carbocycles. The number of hydrogen-bond donors (Lipinski definition) is 2. The summed E-state index contributed by atoms with van der Waals surface area (Å²) in [5.74, 6) is -0.951. The van der Waals surface area contributed by atoms with Crippen LogP contribution in [-0.4, -0.2) is 35.0 Å². The van der Waals surface area contributed by atoms with Gasteiger partial charge in [-0.3, -0.25) is 0 Å². The zero-order chi connectivity index (χ0) is 11.7. The minimum absolute atomic E-state index is 0.0799. The number of aliphatic hydroxyl groups excluding tert-OH is 1. The first-order valence-corrected chi connectivity index (χ1v) is 5.55. The van der Waals surface area contributed by atoms with Crippen LogP contribution in [-0.2, 0) is 9.53 Å². The average Bonchev–Trinajstić information content (AvgIpc) is 2.21. The Morgan fingerprint density at radius 3 is 2.47 bits per heavy atom. The van der Waals surface area contributed by atoms with Gasteiger partial charge in [0.05, 0.1) is 13.2 Å². The largest absolute Gasteiger partial charge is 0.479 e. The van der Waals surface area contributed by atoms with Gasteiger partial charge in [0, 0.05) is 0 Å². The molecule has 0 radical (unpaired) electrons. The van der Waals surface area contributed by atoms with Crippen LogP contribution < -0.4 is 0 Å². The van der Waals surface area contributed by atoms with Gasteiger partial charge in [-0.25, -0.2) is 4.79 Å². The van der Waals surface area contributed by atoms with Gasteiger partial charge in [-0.05, 0) is 19.8 Å². The number of carboxylic acids is 1. The summed E-state index contributed by atoms with van der Waals surface area (Å²) in [5.41, 5.74) is -1.14. The van der Waals surface area contributed by atoms with E-state index in [0.29, 0.717) is 6.42 Å². The van der Waals surface area contributed by atoms with E-state index in [0.717, 1.165) is 25.7 Å². The third kappa shape index (κ3) is 5.74. The van der Waals surface area contributed by atoms with Gasteiger partial charge in [-0.2, -0.15) is 0 Å². The number of ether oxygens (including phenoxy) is 1. The Kier molecular flexibility index (Phi) is 7.34. The number of aliphatic carboxylic acids is 1. The first kappa shape index (κ1) is 14.4. The maximum atomic E-state index is 11.0. The van der Waals surface area contributed by atoms with Gasteiger partial charge >= 0.3 is 5.97 Å². The minimum atomic E-state index is -1.14. The molecule has 4 nitrogen and oxygen atoms in total. The molecule has 4 heteroatoms. The van der Waals surface area contributed by atoms with Crippen LogP contribution in [0.25, 0.3) is 0 Å². The fraction of sp³-hybridized carbons (Fsp3) is 0.909. The Balaban J connectivity index is 3.96. The van der Waals surface area contributed by atoms with E-state index in [2.05, 4.69) is 6.92 Å². The molecule has 90 valence electrons. The zero-order valence-electron chi connectivity index (χ0n) is 9.66.